The van der Waals surface area contributed by atoms with E-state index in [2.05, 4.69) is 4.98 Å². The number of ether oxygens (including phenoxy) is 1. The molecule has 24 heavy (non-hydrogen) atoms. The van der Waals surface area contributed by atoms with Crippen LogP contribution < -0.4 is 15.2 Å². The summed E-state index contributed by atoms with van der Waals surface area (Å²) in [6.45, 7) is 0.523. The second-order valence-electron chi connectivity index (χ2n) is 6.02. The molecule has 3 rings (SSSR count). The third-order valence-corrected chi connectivity index (χ3v) is 4.28. The van der Waals surface area contributed by atoms with Gasteiger partial charge in [0.1, 0.15) is 12.3 Å². The van der Waals surface area contributed by atoms with Crippen molar-refractivity contribution in [1.82, 2.24) is 9.55 Å². The molecule has 1 aliphatic rings. The number of rotatable bonds is 4. The summed E-state index contributed by atoms with van der Waals surface area (Å²) in [5.41, 5.74) is -1.75. The Hall–Kier alpha value is -2.44. The van der Waals surface area contributed by atoms with Crippen molar-refractivity contribution in [3.05, 3.63) is 52.8 Å². The second-order valence-corrected chi connectivity index (χ2v) is 6.02. The molecular formula is C17H19F2N3O2. The van der Waals surface area contributed by atoms with E-state index >= 15 is 0 Å². The van der Waals surface area contributed by atoms with Crippen LogP contribution in [0.4, 0.5) is 14.6 Å². The lowest BCUT2D eigenvalue weighted by molar-refractivity contribution is 0.0579. The van der Waals surface area contributed by atoms with Gasteiger partial charge >= 0.3 is 0 Å². The summed E-state index contributed by atoms with van der Waals surface area (Å²) in [7, 11) is 1.65. The Morgan fingerprint density at radius 1 is 1.29 bits per heavy atom. The molecule has 0 unspecified atom stereocenters. The van der Waals surface area contributed by atoms with Gasteiger partial charge < -0.3 is 14.2 Å². The monoisotopic (exact) mass is 335 g/mol. The highest BCUT2D eigenvalue weighted by Gasteiger charge is 2.36. The van der Waals surface area contributed by atoms with E-state index in [1.807, 2.05) is 0 Å². The highest BCUT2D eigenvalue weighted by Crippen LogP contribution is 2.29. The van der Waals surface area contributed by atoms with Crippen LogP contribution in [0.2, 0.25) is 0 Å². The van der Waals surface area contributed by atoms with Crippen LogP contribution in [0.25, 0.3) is 0 Å². The van der Waals surface area contributed by atoms with Crippen LogP contribution in [-0.4, -0.2) is 34.9 Å². The summed E-state index contributed by atoms with van der Waals surface area (Å²) in [4.78, 5) is 18.0. The normalized spacial score (nSPS) is 16.9. The largest absolute Gasteiger partial charge is 0.487 e. The van der Waals surface area contributed by atoms with E-state index in [0.29, 0.717) is 18.9 Å². The van der Waals surface area contributed by atoms with Crippen molar-refractivity contribution in [2.24, 2.45) is 7.05 Å². The molecular weight excluding hydrogens is 316 g/mol. The van der Waals surface area contributed by atoms with E-state index in [0.717, 1.165) is 0 Å². The minimum absolute atomic E-state index is 0.0514. The standard InChI is InChI=1S/C17H19F2N3O2/c1-21-11-8-20-15(16(21)23)22-9-6-17(19,7-10-22)12-24-14-5-3-2-4-13(14)18/h2-5,8,11H,6-7,9-10,12H2,1H3. The summed E-state index contributed by atoms with van der Waals surface area (Å²) in [5, 5.41) is 0. The summed E-state index contributed by atoms with van der Waals surface area (Å²) < 4.78 is 35.2. The molecule has 0 atom stereocenters. The van der Waals surface area contributed by atoms with E-state index < -0.39 is 11.5 Å². The van der Waals surface area contributed by atoms with Gasteiger partial charge in [-0.3, -0.25) is 4.79 Å². The highest BCUT2D eigenvalue weighted by molar-refractivity contribution is 5.36. The number of para-hydroxylation sites is 1. The number of anilines is 1. The van der Waals surface area contributed by atoms with Crippen molar-refractivity contribution in [2.75, 3.05) is 24.6 Å². The molecule has 0 bridgehead atoms. The van der Waals surface area contributed by atoms with Gasteiger partial charge in [0.15, 0.2) is 17.4 Å². The van der Waals surface area contributed by atoms with Gasteiger partial charge in [0.05, 0.1) is 0 Å². The number of nitrogens with zero attached hydrogens (tertiary/aromatic N) is 3. The van der Waals surface area contributed by atoms with Crippen LogP contribution in [0.3, 0.4) is 0 Å². The molecule has 5 nitrogen and oxygen atoms in total. The highest BCUT2D eigenvalue weighted by atomic mass is 19.1. The average molecular weight is 335 g/mol. The molecule has 2 aromatic rings. The zero-order chi connectivity index (χ0) is 17.2. The first-order chi connectivity index (χ1) is 11.5. The van der Waals surface area contributed by atoms with Crippen LogP contribution in [0, 0.1) is 5.82 Å². The average Bonchev–Trinajstić information content (AvgIpc) is 2.58. The predicted molar refractivity (Wildman–Crippen MR) is 86.7 cm³/mol. The van der Waals surface area contributed by atoms with Gasteiger partial charge in [-0.15, -0.1) is 0 Å². The van der Waals surface area contributed by atoms with Crippen LogP contribution in [-0.2, 0) is 7.05 Å². The first-order valence-corrected chi connectivity index (χ1v) is 7.81. The van der Waals surface area contributed by atoms with Crippen molar-refractivity contribution in [3.63, 3.8) is 0 Å². The molecule has 0 aliphatic carbocycles. The number of hydrogen-bond acceptors (Lipinski definition) is 4. The summed E-state index contributed by atoms with van der Waals surface area (Å²) >= 11 is 0. The molecule has 1 aliphatic heterocycles. The second kappa shape index (κ2) is 6.59. The SMILES string of the molecule is Cn1ccnc(N2CCC(F)(COc3ccccc3F)CC2)c1=O. The quantitative estimate of drug-likeness (QED) is 0.860. The van der Waals surface area contributed by atoms with Gasteiger partial charge in [0.2, 0.25) is 0 Å². The fourth-order valence-electron chi connectivity index (χ4n) is 2.73. The van der Waals surface area contributed by atoms with Gasteiger partial charge in [-0.25, -0.2) is 13.8 Å². The van der Waals surface area contributed by atoms with Crippen molar-refractivity contribution < 1.29 is 13.5 Å². The van der Waals surface area contributed by atoms with Crippen LogP contribution in [0.15, 0.2) is 41.5 Å². The van der Waals surface area contributed by atoms with E-state index in [4.69, 9.17) is 4.74 Å². The number of benzene rings is 1. The molecule has 2 heterocycles. The Kier molecular flexibility index (Phi) is 4.51. The van der Waals surface area contributed by atoms with Crippen molar-refractivity contribution >= 4 is 5.82 Å². The minimum Gasteiger partial charge on any atom is -0.487 e. The summed E-state index contributed by atoms with van der Waals surface area (Å²) in [6.07, 6.45) is 3.52. The van der Waals surface area contributed by atoms with Gasteiger partial charge in [-0.2, -0.15) is 0 Å². The molecule has 128 valence electrons. The lowest BCUT2D eigenvalue weighted by atomic mass is 9.94. The number of piperidine rings is 1. The fourth-order valence-corrected chi connectivity index (χ4v) is 2.73. The Morgan fingerprint density at radius 2 is 2.00 bits per heavy atom. The zero-order valence-corrected chi connectivity index (χ0v) is 13.4. The third-order valence-electron chi connectivity index (χ3n) is 4.28. The first kappa shape index (κ1) is 16.4. The molecule has 0 radical (unpaired) electrons. The van der Waals surface area contributed by atoms with E-state index in [1.54, 1.807) is 36.5 Å². The van der Waals surface area contributed by atoms with Crippen LogP contribution in [0.5, 0.6) is 5.75 Å². The molecule has 1 fully saturated rings. The Bertz CT molecular complexity index is 770. The number of hydrogen-bond donors (Lipinski definition) is 0. The number of aromatic nitrogens is 2. The van der Waals surface area contributed by atoms with Gasteiger partial charge in [-0.1, -0.05) is 12.1 Å². The molecule has 1 aromatic heterocycles. The molecule has 1 aromatic carbocycles. The van der Waals surface area contributed by atoms with Crippen molar-refractivity contribution in [2.45, 2.75) is 18.5 Å². The van der Waals surface area contributed by atoms with Crippen molar-refractivity contribution in [3.8, 4) is 5.75 Å². The third kappa shape index (κ3) is 3.39. The molecule has 0 saturated carbocycles. The van der Waals surface area contributed by atoms with Crippen molar-refractivity contribution in [1.29, 1.82) is 0 Å². The molecule has 0 spiro atoms. The smallest absolute Gasteiger partial charge is 0.293 e. The minimum atomic E-state index is -1.54. The predicted octanol–water partition coefficient (Wildman–Crippen LogP) is 2.31. The Labute approximate surface area is 138 Å². The van der Waals surface area contributed by atoms with Crippen LogP contribution >= 0.6 is 0 Å². The summed E-state index contributed by atoms with van der Waals surface area (Å²) in [5.74, 6) is -0.122. The maximum atomic E-state index is 14.9. The molecule has 0 N–H and O–H groups in total. The lowest BCUT2D eigenvalue weighted by Crippen LogP contribution is -2.47. The zero-order valence-electron chi connectivity index (χ0n) is 13.4. The van der Waals surface area contributed by atoms with Gasteiger partial charge in [0.25, 0.3) is 5.56 Å². The van der Waals surface area contributed by atoms with E-state index in [-0.39, 0.29) is 30.8 Å². The fraction of sp³-hybridized carbons (Fsp3) is 0.412. The van der Waals surface area contributed by atoms with E-state index in [9.17, 15) is 13.6 Å². The topological polar surface area (TPSA) is 47.4 Å². The van der Waals surface area contributed by atoms with Crippen LogP contribution in [0.1, 0.15) is 12.8 Å². The number of halogens is 2. The number of aryl methyl sites for hydroxylation is 1. The Balaban J connectivity index is 1.62. The van der Waals surface area contributed by atoms with Gasteiger partial charge in [0, 0.05) is 45.4 Å². The molecule has 7 heteroatoms. The summed E-state index contributed by atoms with van der Waals surface area (Å²) in [6, 6.07) is 5.95. The lowest BCUT2D eigenvalue weighted by Gasteiger charge is -2.36. The maximum Gasteiger partial charge on any atom is 0.293 e. The Morgan fingerprint density at radius 3 is 2.71 bits per heavy atom. The maximum absolute atomic E-state index is 14.9. The number of alkyl halides is 1. The first-order valence-electron chi connectivity index (χ1n) is 7.81. The molecule has 1 saturated heterocycles. The van der Waals surface area contributed by atoms with Gasteiger partial charge in [-0.05, 0) is 12.1 Å². The molecule has 0 amide bonds. The van der Waals surface area contributed by atoms with E-state index in [1.165, 1.54) is 16.7 Å².